The van der Waals surface area contributed by atoms with E-state index in [1.807, 2.05) is 38.1 Å². The maximum absolute atomic E-state index is 12.1. The number of amidine groups is 1. The second-order valence-corrected chi connectivity index (χ2v) is 4.83. The number of carbonyl (C=O) groups is 2. The van der Waals surface area contributed by atoms with Crippen LogP contribution in [0.5, 0.6) is 5.75 Å². The van der Waals surface area contributed by atoms with Crippen molar-refractivity contribution >= 4 is 17.6 Å². The van der Waals surface area contributed by atoms with E-state index in [1.54, 1.807) is 0 Å². The third-order valence-electron chi connectivity index (χ3n) is 3.06. The Morgan fingerprint density at radius 2 is 2.13 bits per heavy atom. The number of amides is 2. The average Bonchev–Trinajstić information content (AvgIpc) is 2.55. The Bertz CT molecular complexity index is 652. The molecule has 1 aromatic carbocycles. The molecule has 122 valence electrons. The van der Waals surface area contributed by atoms with E-state index in [0.717, 1.165) is 6.42 Å². The Hall–Kier alpha value is -2.83. The predicted molar refractivity (Wildman–Crippen MR) is 86.6 cm³/mol. The lowest BCUT2D eigenvalue weighted by molar-refractivity contribution is -0.120. The van der Waals surface area contributed by atoms with Crippen LogP contribution in [-0.2, 0) is 9.59 Å². The van der Waals surface area contributed by atoms with E-state index in [2.05, 4.69) is 21.2 Å². The van der Waals surface area contributed by atoms with Gasteiger partial charge in [0.1, 0.15) is 11.4 Å². The first-order valence-corrected chi connectivity index (χ1v) is 7.52. The van der Waals surface area contributed by atoms with Gasteiger partial charge in [-0.3, -0.25) is 15.0 Å². The molecule has 1 aromatic rings. The summed E-state index contributed by atoms with van der Waals surface area (Å²) in [4.78, 5) is 23.5. The molecule has 0 unspecified atom stereocenters. The highest BCUT2D eigenvalue weighted by Gasteiger charge is 2.21. The topological polar surface area (TPSA) is 91.8 Å². The van der Waals surface area contributed by atoms with Crippen molar-refractivity contribution in [1.29, 1.82) is 0 Å². The molecule has 0 aliphatic carbocycles. The van der Waals surface area contributed by atoms with E-state index in [1.165, 1.54) is 6.20 Å². The Kier molecular flexibility index (Phi) is 5.74. The highest BCUT2D eigenvalue weighted by atomic mass is 16.5. The van der Waals surface area contributed by atoms with E-state index in [4.69, 9.17) is 4.74 Å². The standard InChI is InChI=1S/C16H20N4O3/c1-3-7-14(21)17-10-12-16(22)18-15(20-19-12)11-8-5-6-9-13(11)23-4-2/h5-6,8-10,19H,3-4,7H2,1-2H3,(H,17,21)(H,18,20,22)/b12-10-. The van der Waals surface area contributed by atoms with Crippen molar-refractivity contribution < 1.29 is 14.3 Å². The van der Waals surface area contributed by atoms with Crippen molar-refractivity contribution in [3.05, 3.63) is 41.7 Å². The third kappa shape index (κ3) is 4.32. The SMILES string of the molecule is CCCC(=O)N/C=C1\NN=C(c2ccccc2OCC)NC1=O. The van der Waals surface area contributed by atoms with Crippen LogP contribution in [0.15, 0.2) is 41.3 Å². The molecule has 0 radical (unpaired) electrons. The number of ether oxygens (including phenoxy) is 1. The van der Waals surface area contributed by atoms with Crippen molar-refractivity contribution in [3.63, 3.8) is 0 Å². The zero-order valence-corrected chi connectivity index (χ0v) is 13.2. The fourth-order valence-electron chi connectivity index (χ4n) is 1.99. The molecule has 2 rings (SSSR count). The Balaban J connectivity index is 2.13. The van der Waals surface area contributed by atoms with Gasteiger partial charge in [0, 0.05) is 12.6 Å². The van der Waals surface area contributed by atoms with Crippen LogP contribution in [-0.4, -0.2) is 24.3 Å². The van der Waals surface area contributed by atoms with Gasteiger partial charge < -0.3 is 15.4 Å². The third-order valence-corrected chi connectivity index (χ3v) is 3.06. The van der Waals surface area contributed by atoms with Gasteiger partial charge in [-0.05, 0) is 25.5 Å². The molecule has 1 aliphatic heterocycles. The number of rotatable bonds is 6. The van der Waals surface area contributed by atoms with E-state index in [9.17, 15) is 9.59 Å². The minimum Gasteiger partial charge on any atom is -0.493 e. The van der Waals surface area contributed by atoms with E-state index in [0.29, 0.717) is 30.2 Å². The summed E-state index contributed by atoms with van der Waals surface area (Å²) in [6.07, 6.45) is 2.47. The Labute approximate surface area is 134 Å². The van der Waals surface area contributed by atoms with Crippen molar-refractivity contribution in [2.75, 3.05) is 6.61 Å². The fourth-order valence-corrected chi connectivity index (χ4v) is 1.99. The molecule has 1 heterocycles. The number of hydrazone groups is 1. The van der Waals surface area contributed by atoms with Crippen LogP contribution >= 0.6 is 0 Å². The molecule has 0 aromatic heterocycles. The normalized spacial score (nSPS) is 15.5. The molecule has 0 saturated carbocycles. The summed E-state index contributed by atoms with van der Waals surface area (Å²) in [5.41, 5.74) is 3.51. The Morgan fingerprint density at radius 1 is 1.35 bits per heavy atom. The number of benzene rings is 1. The number of nitrogens with one attached hydrogen (secondary N) is 3. The molecular weight excluding hydrogens is 296 g/mol. The van der Waals surface area contributed by atoms with Gasteiger partial charge in [-0.2, -0.15) is 5.10 Å². The number of nitrogens with zero attached hydrogens (tertiary/aromatic N) is 1. The smallest absolute Gasteiger partial charge is 0.276 e. The van der Waals surface area contributed by atoms with Crippen molar-refractivity contribution in [3.8, 4) is 5.75 Å². The number of hydrogen-bond acceptors (Lipinski definition) is 5. The molecule has 0 bridgehead atoms. The fraction of sp³-hybridized carbons (Fsp3) is 0.312. The van der Waals surface area contributed by atoms with Gasteiger partial charge >= 0.3 is 0 Å². The molecular formula is C16H20N4O3. The van der Waals surface area contributed by atoms with Crippen LogP contribution < -0.4 is 20.8 Å². The molecule has 0 atom stereocenters. The Morgan fingerprint density at radius 3 is 2.83 bits per heavy atom. The van der Waals surface area contributed by atoms with Gasteiger partial charge in [-0.1, -0.05) is 19.1 Å². The van der Waals surface area contributed by atoms with E-state index >= 15 is 0 Å². The number of carbonyl (C=O) groups excluding carboxylic acids is 2. The predicted octanol–water partition coefficient (Wildman–Crippen LogP) is 1.22. The zero-order chi connectivity index (χ0) is 16.7. The van der Waals surface area contributed by atoms with Gasteiger partial charge in [-0.25, -0.2) is 0 Å². The lowest BCUT2D eigenvalue weighted by atomic mass is 10.1. The first kappa shape index (κ1) is 16.5. The summed E-state index contributed by atoms with van der Waals surface area (Å²) in [5, 5.41) is 9.37. The first-order chi connectivity index (χ1) is 11.2. The van der Waals surface area contributed by atoms with Crippen molar-refractivity contribution in [2.24, 2.45) is 5.10 Å². The molecule has 0 fully saturated rings. The summed E-state index contributed by atoms with van der Waals surface area (Å²) in [7, 11) is 0. The second-order valence-electron chi connectivity index (χ2n) is 4.83. The van der Waals surface area contributed by atoms with Gasteiger partial charge in [-0.15, -0.1) is 0 Å². The van der Waals surface area contributed by atoms with Crippen molar-refractivity contribution in [1.82, 2.24) is 16.1 Å². The lowest BCUT2D eigenvalue weighted by Crippen LogP contribution is -2.42. The molecule has 2 amide bonds. The molecule has 0 spiro atoms. The van der Waals surface area contributed by atoms with Gasteiger partial charge in [0.25, 0.3) is 5.91 Å². The van der Waals surface area contributed by atoms with Crippen LogP contribution in [0.3, 0.4) is 0 Å². The molecule has 0 saturated heterocycles. The van der Waals surface area contributed by atoms with Crippen molar-refractivity contribution in [2.45, 2.75) is 26.7 Å². The number of para-hydroxylation sites is 1. The quantitative estimate of drug-likeness (QED) is 0.688. The van der Waals surface area contributed by atoms with Crippen LogP contribution in [0.1, 0.15) is 32.3 Å². The summed E-state index contributed by atoms with van der Waals surface area (Å²) in [6, 6.07) is 7.30. The monoisotopic (exact) mass is 316 g/mol. The summed E-state index contributed by atoms with van der Waals surface area (Å²) in [6.45, 7) is 4.31. The lowest BCUT2D eigenvalue weighted by Gasteiger charge is -2.18. The summed E-state index contributed by atoms with van der Waals surface area (Å²) < 4.78 is 5.53. The largest absolute Gasteiger partial charge is 0.493 e. The number of hydrogen-bond donors (Lipinski definition) is 3. The summed E-state index contributed by atoms with van der Waals surface area (Å²) in [5.74, 6) is 0.486. The van der Waals surface area contributed by atoms with Crippen LogP contribution in [0.25, 0.3) is 0 Å². The van der Waals surface area contributed by atoms with E-state index in [-0.39, 0.29) is 17.5 Å². The minimum absolute atomic E-state index is 0.147. The molecule has 7 heteroatoms. The molecule has 1 aliphatic rings. The highest BCUT2D eigenvalue weighted by Crippen LogP contribution is 2.19. The van der Waals surface area contributed by atoms with Crippen LogP contribution in [0.4, 0.5) is 0 Å². The first-order valence-electron chi connectivity index (χ1n) is 7.52. The highest BCUT2D eigenvalue weighted by molar-refractivity contribution is 6.14. The average molecular weight is 316 g/mol. The van der Waals surface area contributed by atoms with Gasteiger partial charge in [0.05, 0.1) is 12.2 Å². The summed E-state index contributed by atoms with van der Waals surface area (Å²) >= 11 is 0. The minimum atomic E-state index is -0.377. The van der Waals surface area contributed by atoms with E-state index < -0.39 is 0 Å². The molecule has 23 heavy (non-hydrogen) atoms. The maximum Gasteiger partial charge on any atom is 0.276 e. The van der Waals surface area contributed by atoms with Crippen LogP contribution in [0.2, 0.25) is 0 Å². The van der Waals surface area contributed by atoms with Gasteiger partial charge in [0.15, 0.2) is 5.84 Å². The molecule has 7 nitrogen and oxygen atoms in total. The maximum atomic E-state index is 12.1. The zero-order valence-electron chi connectivity index (χ0n) is 13.2. The van der Waals surface area contributed by atoms with Gasteiger partial charge in [0.2, 0.25) is 5.91 Å². The second kappa shape index (κ2) is 7.98. The molecule has 3 N–H and O–H groups in total. The van der Waals surface area contributed by atoms with Crippen LogP contribution in [0, 0.1) is 0 Å².